The van der Waals surface area contributed by atoms with E-state index >= 15 is 0 Å². The van der Waals surface area contributed by atoms with Gasteiger partial charge in [0.2, 0.25) is 0 Å². The van der Waals surface area contributed by atoms with Crippen LogP contribution < -0.4 is 9.64 Å². The SMILES string of the molecule is CC1(C)CCN(c2c(-c3ccc(OCCc4ccc(F)cc4)cn3)cnc(Cl)c2[C@H](OC(C)(C)C)C(=O)O)CC1. The lowest BCUT2D eigenvalue weighted by molar-refractivity contribution is -0.160. The molecule has 1 atom stereocenters. The first-order valence-corrected chi connectivity index (χ1v) is 13.9. The van der Waals surface area contributed by atoms with Crippen LogP contribution in [-0.2, 0) is 16.0 Å². The second-order valence-electron chi connectivity index (χ2n) is 11.9. The molecular weight excluding hydrogens is 533 g/mol. The fraction of sp³-hybridized carbons (Fsp3) is 0.452. The number of carbonyl (C=O) groups is 1. The molecule has 9 heteroatoms. The number of hydrogen-bond acceptors (Lipinski definition) is 6. The summed E-state index contributed by atoms with van der Waals surface area (Å²) in [5.74, 6) is -0.808. The van der Waals surface area contributed by atoms with E-state index in [-0.39, 0.29) is 16.4 Å². The summed E-state index contributed by atoms with van der Waals surface area (Å²) in [6.45, 7) is 11.8. The van der Waals surface area contributed by atoms with Crippen LogP contribution in [0.3, 0.4) is 0 Å². The summed E-state index contributed by atoms with van der Waals surface area (Å²) in [6.07, 6.45) is 4.49. The van der Waals surface area contributed by atoms with Gasteiger partial charge in [0.15, 0.2) is 6.10 Å². The molecule has 0 radical (unpaired) electrons. The third kappa shape index (κ3) is 7.49. The van der Waals surface area contributed by atoms with E-state index in [9.17, 15) is 14.3 Å². The largest absolute Gasteiger partial charge is 0.492 e. The lowest BCUT2D eigenvalue weighted by Gasteiger charge is -2.40. The molecule has 7 nitrogen and oxygen atoms in total. The molecule has 1 fully saturated rings. The maximum Gasteiger partial charge on any atom is 0.337 e. The van der Waals surface area contributed by atoms with Gasteiger partial charge < -0.3 is 19.5 Å². The van der Waals surface area contributed by atoms with Crippen LogP contribution in [0.15, 0.2) is 48.8 Å². The number of carboxylic acid groups (broad SMARTS) is 1. The number of nitrogens with zero attached hydrogens (tertiary/aromatic N) is 3. The third-order valence-electron chi connectivity index (χ3n) is 7.02. The minimum atomic E-state index is -1.31. The van der Waals surface area contributed by atoms with Gasteiger partial charge in [-0.05, 0) is 68.9 Å². The molecule has 1 aromatic carbocycles. The van der Waals surface area contributed by atoms with Crippen LogP contribution >= 0.6 is 11.6 Å². The maximum atomic E-state index is 13.1. The Balaban J connectivity index is 1.67. The third-order valence-corrected chi connectivity index (χ3v) is 7.32. The summed E-state index contributed by atoms with van der Waals surface area (Å²) >= 11 is 6.63. The first kappa shape index (κ1) is 29.7. The lowest BCUT2D eigenvalue weighted by atomic mass is 9.82. The zero-order valence-corrected chi connectivity index (χ0v) is 24.5. The molecule has 1 aliphatic rings. The Labute approximate surface area is 240 Å². The number of aromatic nitrogens is 2. The number of pyridine rings is 2. The highest BCUT2D eigenvalue weighted by Gasteiger charge is 2.36. The molecule has 3 heterocycles. The Morgan fingerprint density at radius 2 is 1.77 bits per heavy atom. The number of aliphatic carboxylic acids is 1. The highest BCUT2D eigenvalue weighted by molar-refractivity contribution is 6.31. The standard InChI is InChI=1S/C31H37ClFN3O4/c1-30(2,3)40-27(29(37)38)25-26(36-15-13-31(4,5)14-16-36)23(19-35-28(25)32)24-11-10-22(18-34-24)39-17-12-20-6-8-21(33)9-7-20/h6-11,18-19,27H,12-17H2,1-5H3,(H,37,38)/t27-/m0/s1. The summed E-state index contributed by atoms with van der Waals surface area (Å²) in [5.41, 5.74) is 2.76. The van der Waals surface area contributed by atoms with Gasteiger partial charge in [-0.2, -0.15) is 0 Å². The van der Waals surface area contributed by atoms with Gasteiger partial charge in [0.05, 0.1) is 35.3 Å². The van der Waals surface area contributed by atoms with Crippen molar-refractivity contribution >= 4 is 23.3 Å². The van der Waals surface area contributed by atoms with Crippen molar-refractivity contribution in [1.29, 1.82) is 0 Å². The Kier molecular flexibility index (Phi) is 9.00. The Hall–Kier alpha value is -3.23. The Morgan fingerprint density at radius 3 is 2.35 bits per heavy atom. The quantitative estimate of drug-likeness (QED) is 0.274. The fourth-order valence-electron chi connectivity index (χ4n) is 4.74. The van der Waals surface area contributed by atoms with Crippen molar-refractivity contribution < 1.29 is 23.8 Å². The van der Waals surface area contributed by atoms with Crippen molar-refractivity contribution in [3.8, 4) is 17.0 Å². The van der Waals surface area contributed by atoms with Crippen molar-refractivity contribution in [2.75, 3.05) is 24.6 Å². The number of anilines is 1. The van der Waals surface area contributed by atoms with Gasteiger partial charge in [0, 0.05) is 31.3 Å². The molecule has 0 aliphatic carbocycles. The topological polar surface area (TPSA) is 84.8 Å². The smallest absolute Gasteiger partial charge is 0.337 e. The van der Waals surface area contributed by atoms with Crippen molar-refractivity contribution in [3.63, 3.8) is 0 Å². The van der Waals surface area contributed by atoms with E-state index in [1.165, 1.54) is 12.1 Å². The highest BCUT2D eigenvalue weighted by atomic mass is 35.5. The van der Waals surface area contributed by atoms with Crippen LogP contribution in [-0.4, -0.2) is 46.3 Å². The zero-order chi connectivity index (χ0) is 29.1. The van der Waals surface area contributed by atoms with E-state index < -0.39 is 17.7 Å². The number of ether oxygens (including phenoxy) is 2. The first-order valence-electron chi connectivity index (χ1n) is 13.5. The molecule has 40 heavy (non-hydrogen) atoms. The van der Waals surface area contributed by atoms with Gasteiger partial charge in [0.25, 0.3) is 0 Å². The van der Waals surface area contributed by atoms with Crippen LogP contribution in [0.25, 0.3) is 11.3 Å². The normalized spacial score (nSPS) is 16.0. The molecule has 0 bridgehead atoms. The van der Waals surface area contributed by atoms with E-state index in [4.69, 9.17) is 21.1 Å². The van der Waals surface area contributed by atoms with E-state index in [0.717, 1.165) is 31.5 Å². The van der Waals surface area contributed by atoms with Crippen LogP contribution in [0, 0.1) is 11.2 Å². The molecule has 3 aromatic rings. The summed E-state index contributed by atoms with van der Waals surface area (Å²) in [5, 5.41) is 10.3. The van der Waals surface area contributed by atoms with Gasteiger partial charge in [-0.3, -0.25) is 4.98 Å². The summed E-state index contributed by atoms with van der Waals surface area (Å²) in [4.78, 5) is 23.7. The number of benzene rings is 1. The summed E-state index contributed by atoms with van der Waals surface area (Å²) in [6, 6.07) is 10.00. The van der Waals surface area contributed by atoms with Crippen LogP contribution in [0.2, 0.25) is 5.15 Å². The number of halogens is 2. The molecule has 214 valence electrons. The van der Waals surface area contributed by atoms with E-state index in [1.807, 2.05) is 32.9 Å². The average molecular weight is 570 g/mol. The van der Waals surface area contributed by atoms with Crippen molar-refractivity contribution in [3.05, 3.63) is 70.9 Å². The van der Waals surface area contributed by atoms with Gasteiger partial charge in [-0.15, -0.1) is 0 Å². The Morgan fingerprint density at radius 1 is 1.10 bits per heavy atom. The van der Waals surface area contributed by atoms with Gasteiger partial charge in [0.1, 0.15) is 16.7 Å². The minimum absolute atomic E-state index is 0.0981. The molecule has 0 unspecified atom stereocenters. The van der Waals surface area contributed by atoms with Crippen molar-refractivity contribution in [1.82, 2.24) is 9.97 Å². The zero-order valence-electron chi connectivity index (χ0n) is 23.7. The first-order chi connectivity index (χ1) is 18.8. The predicted molar refractivity (Wildman–Crippen MR) is 155 cm³/mol. The van der Waals surface area contributed by atoms with Crippen molar-refractivity contribution in [2.45, 2.75) is 65.6 Å². The predicted octanol–water partition coefficient (Wildman–Crippen LogP) is 7.12. The molecule has 0 amide bonds. The molecule has 4 rings (SSSR count). The van der Waals surface area contributed by atoms with Crippen LogP contribution in [0.4, 0.5) is 10.1 Å². The Bertz CT molecular complexity index is 1310. The molecule has 0 saturated carbocycles. The molecule has 1 N–H and O–H groups in total. The number of rotatable bonds is 9. The lowest BCUT2D eigenvalue weighted by Crippen LogP contribution is -2.39. The minimum Gasteiger partial charge on any atom is -0.492 e. The van der Waals surface area contributed by atoms with Crippen LogP contribution in [0.1, 0.15) is 64.7 Å². The van der Waals surface area contributed by atoms with E-state index in [2.05, 4.69) is 28.7 Å². The second-order valence-corrected chi connectivity index (χ2v) is 12.3. The second kappa shape index (κ2) is 12.1. The summed E-state index contributed by atoms with van der Waals surface area (Å²) in [7, 11) is 0. The molecule has 1 saturated heterocycles. The van der Waals surface area contributed by atoms with Crippen molar-refractivity contribution in [2.24, 2.45) is 5.41 Å². The van der Waals surface area contributed by atoms with Gasteiger partial charge >= 0.3 is 5.97 Å². The van der Waals surface area contributed by atoms with E-state index in [1.54, 1.807) is 24.5 Å². The number of piperidine rings is 1. The average Bonchev–Trinajstić information content (AvgIpc) is 2.88. The molecular formula is C31H37ClFN3O4. The molecule has 0 spiro atoms. The molecule has 1 aliphatic heterocycles. The highest BCUT2D eigenvalue weighted by Crippen LogP contribution is 2.44. The van der Waals surface area contributed by atoms with Gasteiger partial charge in [-0.1, -0.05) is 37.6 Å². The van der Waals surface area contributed by atoms with Gasteiger partial charge in [-0.25, -0.2) is 14.2 Å². The number of hydrogen-bond donors (Lipinski definition) is 1. The monoisotopic (exact) mass is 569 g/mol. The van der Waals surface area contributed by atoms with Crippen LogP contribution in [0.5, 0.6) is 5.75 Å². The summed E-state index contributed by atoms with van der Waals surface area (Å²) < 4.78 is 25.0. The van der Waals surface area contributed by atoms with E-state index in [0.29, 0.717) is 41.3 Å². The fourth-order valence-corrected chi connectivity index (χ4v) is 4.98. The molecule has 2 aromatic heterocycles. The maximum absolute atomic E-state index is 13.1. The number of carboxylic acids is 1.